The maximum atomic E-state index is 13.2. The zero-order valence-electron chi connectivity index (χ0n) is 14.6. The van der Waals surface area contributed by atoms with Gasteiger partial charge in [0.1, 0.15) is 0 Å². The Morgan fingerprint density at radius 2 is 2.15 bits per heavy atom. The van der Waals surface area contributed by atoms with Crippen LogP contribution in [-0.4, -0.2) is 53.5 Å². The highest BCUT2D eigenvalue weighted by Gasteiger charge is 2.78. The Morgan fingerprint density at radius 3 is 3.08 bits per heavy atom. The van der Waals surface area contributed by atoms with Crippen LogP contribution in [-0.2, 0) is 14.9 Å². The molecule has 1 N–H and O–H groups in total. The van der Waals surface area contributed by atoms with Crippen LogP contribution in [0, 0.1) is 11.8 Å². The Bertz CT molecular complexity index is 897. The topological polar surface area (TPSA) is 53.0 Å². The molecule has 0 radical (unpaired) electrons. The Hall–Kier alpha value is -1.69. The number of carbonyl (C=O) groups excluding carboxylic acids is 1. The number of carbonyl (C=O) groups is 1. The molecular weight excluding hydrogens is 328 g/mol. The second kappa shape index (κ2) is 4.24. The molecule has 4 fully saturated rings. The third-order valence-electron chi connectivity index (χ3n) is 8.35. The number of ether oxygens (including phenoxy) is 1. The summed E-state index contributed by atoms with van der Waals surface area (Å²) in [6.07, 6.45) is 4.42. The summed E-state index contributed by atoms with van der Waals surface area (Å²) in [6.45, 7) is 2.55. The average Bonchev–Trinajstić information content (AvgIpc) is 3.05. The maximum absolute atomic E-state index is 13.2. The van der Waals surface area contributed by atoms with Gasteiger partial charge in [-0.3, -0.25) is 14.6 Å². The van der Waals surface area contributed by atoms with E-state index in [0.29, 0.717) is 25.0 Å². The van der Waals surface area contributed by atoms with Crippen molar-refractivity contribution in [2.24, 2.45) is 11.8 Å². The first kappa shape index (κ1) is 14.4. The number of hydrogen-bond donors (Lipinski definition) is 1. The molecule has 1 spiro atoms. The van der Waals surface area contributed by atoms with Crippen LogP contribution < -0.4 is 4.90 Å². The molecule has 1 saturated carbocycles. The molecule has 5 heteroatoms. The van der Waals surface area contributed by atoms with Crippen LogP contribution in [0.1, 0.15) is 24.8 Å². The van der Waals surface area contributed by atoms with Crippen molar-refractivity contribution in [3.8, 4) is 0 Å². The third-order valence-corrected chi connectivity index (χ3v) is 8.35. The van der Waals surface area contributed by atoms with Crippen molar-refractivity contribution in [1.29, 1.82) is 0 Å². The SMILES string of the molecule is O=C1CC2OCC=C3CN4CC[C@]56c7ccccc7N1C5(O)[C@@H]2[C@H]3C[C@H]46. The van der Waals surface area contributed by atoms with Crippen molar-refractivity contribution >= 4 is 11.6 Å². The van der Waals surface area contributed by atoms with Crippen molar-refractivity contribution in [1.82, 2.24) is 4.90 Å². The normalized spacial score (nSPS) is 47.5. The fourth-order valence-electron chi connectivity index (χ4n) is 7.60. The second-order valence-electron chi connectivity index (χ2n) is 8.90. The lowest BCUT2D eigenvalue weighted by Gasteiger charge is -2.63. The van der Waals surface area contributed by atoms with Crippen molar-refractivity contribution in [2.45, 2.75) is 42.5 Å². The van der Waals surface area contributed by atoms with Crippen molar-refractivity contribution in [2.75, 3.05) is 24.6 Å². The largest absolute Gasteiger partial charge is 0.373 e. The predicted molar refractivity (Wildman–Crippen MR) is 94.6 cm³/mol. The molecule has 5 nitrogen and oxygen atoms in total. The first-order valence-electron chi connectivity index (χ1n) is 9.86. The number of piperidine rings is 2. The number of aliphatic hydroxyl groups is 1. The van der Waals surface area contributed by atoms with Gasteiger partial charge in [0.05, 0.1) is 30.2 Å². The summed E-state index contributed by atoms with van der Waals surface area (Å²) in [7, 11) is 0. The lowest BCUT2D eigenvalue weighted by atomic mass is 9.51. The highest BCUT2D eigenvalue weighted by atomic mass is 16.5. The first-order valence-corrected chi connectivity index (χ1v) is 9.86. The second-order valence-corrected chi connectivity index (χ2v) is 8.90. The lowest BCUT2D eigenvalue weighted by molar-refractivity contribution is -0.196. The van der Waals surface area contributed by atoms with Gasteiger partial charge < -0.3 is 9.84 Å². The quantitative estimate of drug-likeness (QED) is 0.719. The van der Waals surface area contributed by atoms with Crippen LogP contribution in [0.4, 0.5) is 5.69 Å². The zero-order valence-corrected chi connectivity index (χ0v) is 14.6. The van der Waals surface area contributed by atoms with Gasteiger partial charge in [-0.05, 0) is 36.9 Å². The van der Waals surface area contributed by atoms with Crippen molar-refractivity contribution < 1.29 is 14.6 Å². The maximum Gasteiger partial charge on any atom is 0.231 e. The van der Waals surface area contributed by atoms with Gasteiger partial charge in [0.15, 0.2) is 5.72 Å². The summed E-state index contributed by atoms with van der Waals surface area (Å²) in [5.74, 6) is 0.308. The van der Waals surface area contributed by atoms with Gasteiger partial charge in [0.2, 0.25) is 5.91 Å². The molecule has 3 saturated heterocycles. The summed E-state index contributed by atoms with van der Waals surface area (Å²) >= 11 is 0. The fourth-order valence-corrected chi connectivity index (χ4v) is 7.60. The minimum atomic E-state index is -1.16. The summed E-state index contributed by atoms with van der Waals surface area (Å²) < 4.78 is 6.15. The molecule has 1 amide bonds. The molecule has 7 rings (SSSR count). The zero-order chi connectivity index (χ0) is 17.3. The van der Waals surface area contributed by atoms with Crippen molar-refractivity contribution in [3.05, 3.63) is 41.5 Å². The molecular formula is C21H22N2O3. The average molecular weight is 350 g/mol. The molecule has 2 unspecified atom stereocenters. The van der Waals surface area contributed by atoms with Crippen LogP contribution in [0.25, 0.3) is 0 Å². The van der Waals surface area contributed by atoms with Crippen molar-refractivity contribution in [3.63, 3.8) is 0 Å². The van der Waals surface area contributed by atoms with E-state index in [0.717, 1.165) is 31.6 Å². The van der Waals surface area contributed by atoms with Gasteiger partial charge in [-0.25, -0.2) is 0 Å². The Morgan fingerprint density at radius 1 is 1.27 bits per heavy atom. The summed E-state index contributed by atoms with van der Waals surface area (Å²) in [5.41, 5.74) is 1.99. The highest BCUT2D eigenvalue weighted by molar-refractivity contribution is 6.00. The Balaban J connectivity index is 1.60. The van der Waals surface area contributed by atoms with Crippen LogP contribution in [0.5, 0.6) is 0 Å². The Kier molecular flexibility index (Phi) is 2.34. The smallest absolute Gasteiger partial charge is 0.231 e. The molecule has 0 aromatic heterocycles. The standard InChI is InChI=1S/C21H22N2O3/c24-18-10-16-19-13-9-17-20(6-7-22(17)11-12(13)5-8-26-16)14-3-1-2-4-15(14)23(18)21(19,20)25/h1-5,13,16-17,19,25H,6-11H2/t13-,16?,17-,19+,20+,21?/m0/s1. The molecule has 1 aromatic rings. The van der Waals surface area contributed by atoms with Gasteiger partial charge in [0.25, 0.3) is 0 Å². The molecule has 1 aliphatic carbocycles. The molecule has 6 aliphatic rings. The minimum absolute atomic E-state index is 0.0138. The summed E-state index contributed by atoms with van der Waals surface area (Å²) in [6, 6.07) is 8.54. The van der Waals surface area contributed by atoms with E-state index < -0.39 is 5.72 Å². The van der Waals surface area contributed by atoms with Gasteiger partial charge >= 0.3 is 0 Å². The predicted octanol–water partition coefficient (Wildman–Crippen LogP) is 1.41. The molecule has 1 aromatic carbocycles. The highest BCUT2D eigenvalue weighted by Crippen LogP contribution is 2.69. The number of para-hydroxylation sites is 1. The Labute approximate surface area is 152 Å². The first-order chi connectivity index (χ1) is 12.7. The molecule has 5 aliphatic heterocycles. The van der Waals surface area contributed by atoms with E-state index in [-0.39, 0.29) is 23.3 Å². The molecule has 2 bridgehead atoms. The fraction of sp³-hybridized carbons (Fsp3) is 0.571. The van der Waals surface area contributed by atoms with Crippen LogP contribution in [0.3, 0.4) is 0 Å². The van der Waals surface area contributed by atoms with E-state index in [1.807, 2.05) is 12.1 Å². The number of amides is 1. The van der Waals surface area contributed by atoms with E-state index in [2.05, 4.69) is 23.1 Å². The van der Waals surface area contributed by atoms with Gasteiger partial charge in [-0.1, -0.05) is 29.8 Å². The molecule has 6 atom stereocenters. The minimum Gasteiger partial charge on any atom is -0.373 e. The van der Waals surface area contributed by atoms with Gasteiger partial charge in [0, 0.05) is 18.5 Å². The van der Waals surface area contributed by atoms with Gasteiger partial charge in [-0.2, -0.15) is 0 Å². The summed E-state index contributed by atoms with van der Waals surface area (Å²) in [5, 5.41) is 12.5. The van der Waals surface area contributed by atoms with Crippen LogP contribution in [0.2, 0.25) is 0 Å². The summed E-state index contributed by atoms with van der Waals surface area (Å²) in [4.78, 5) is 17.6. The molecule has 134 valence electrons. The van der Waals surface area contributed by atoms with E-state index in [4.69, 9.17) is 4.74 Å². The number of nitrogens with zero attached hydrogens (tertiary/aromatic N) is 2. The van der Waals surface area contributed by atoms with E-state index in [1.165, 1.54) is 11.1 Å². The van der Waals surface area contributed by atoms with Crippen LogP contribution >= 0.6 is 0 Å². The van der Waals surface area contributed by atoms with E-state index in [9.17, 15) is 9.90 Å². The lowest BCUT2D eigenvalue weighted by Crippen LogP contribution is -2.77. The van der Waals surface area contributed by atoms with Gasteiger partial charge in [-0.15, -0.1) is 0 Å². The molecule has 5 heterocycles. The van der Waals surface area contributed by atoms with E-state index >= 15 is 0 Å². The molecule has 26 heavy (non-hydrogen) atoms. The van der Waals surface area contributed by atoms with Crippen LogP contribution in [0.15, 0.2) is 35.9 Å². The number of anilines is 1. The number of fused-ring (bicyclic) bond motifs is 2. The number of rotatable bonds is 0. The monoisotopic (exact) mass is 350 g/mol. The van der Waals surface area contributed by atoms with E-state index in [1.54, 1.807) is 4.90 Å². The third kappa shape index (κ3) is 1.24. The number of hydrogen-bond acceptors (Lipinski definition) is 4. The number of benzene rings is 1.